The van der Waals surface area contributed by atoms with E-state index in [0.29, 0.717) is 18.0 Å². The molecule has 2 aromatic rings. The number of amides is 2. The van der Waals surface area contributed by atoms with Gasteiger partial charge >= 0.3 is 5.97 Å². The van der Waals surface area contributed by atoms with Gasteiger partial charge in [0.1, 0.15) is 6.04 Å². The van der Waals surface area contributed by atoms with Crippen LogP contribution < -0.4 is 16.0 Å². The lowest BCUT2D eigenvalue weighted by Gasteiger charge is -2.26. The number of aliphatic carboxylic acids is 1. The SMILES string of the molecule is O=C(CC(CNC(=O)[C@@H]1Cc2ccccc2CN1)c1ccc(Cl)cc1)N[C@@H](CO)C(=O)O. The Balaban J connectivity index is 1.65. The Morgan fingerprint density at radius 1 is 1.09 bits per heavy atom. The van der Waals surface area contributed by atoms with E-state index in [1.807, 2.05) is 24.3 Å². The first-order valence-electron chi connectivity index (χ1n) is 10.3. The summed E-state index contributed by atoms with van der Waals surface area (Å²) in [5, 5.41) is 27.2. The standard InChI is InChI=1S/C23H26ClN3O5/c24-18-7-5-14(6-8-18)17(10-21(29)27-20(13-28)23(31)32)12-26-22(30)19-9-15-3-1-2-4-16(15)11-25-19/h1-8,17,19-20,25,28H,9-13H2,(H,26,30)(H,27,29)(H,31,32)/t17?,19-,20-/m0/s1. The Morgan fingerprint density at radius 2 is 1.78 bits per heavy atom. The van der Waals surface area contributed by atoms with Crippen LogP contribution >= 0.6 is 11.6 Å². The van der Waals surface area contributed by atoms with Gasteiger partial charge in [0.2, 0.25) is 11.8 Å². The zero-order chi connectivity index (χ0) is 23.1. The molecule has 0 fully saturated rings. The maximum absolute atomic E-state index is 12.8. The molecular formula is C23H26ClN3O5. The van der Waals surface area contributed by atoms with Crippen molar-refractivity contribution in [3.8, 4) is 0 Å². The third kappa shape index (κ3) is 6.29. The molecule has 0 spiro atoms. The molecule has 170 valence electrons. The van der Waals surface area contributed by atoms with Crippen LogP contribution in [-0.2, 0) is 27.3 Å². The fourth-order valence-electron chi connectivity index (χ4n) is 3.69. The van der Waals surface area contributed by atoms with E-state index in [1.165, 1.54) is 5.56 Å². The molecule has 2 amide bonds. The molecular weight excluding hydrogens is 434 g/mol. The lowest BCUT2D eigenvalue weighted by molar-refractivity contribution is -0.143. The first-order valence-corrected chi connectivity index (χ1v) is 10.7. The van der Waals surface area contributed by atoms with Gasteiger partial charge in [-0.3, -0.25) is 9.59 Å². The van der Waals surface area contributed by atoms with E-state index in [2.05, 4.69) is 16.0 Å². The summed E-state index contributed by atoms with van der Waals surface area (Å²) < 4.78 is 0. The van der Waals surface area contributed by atoms with E-state index >= 15 is 0 Å². The molecule has 0 saturated heterocycles. The highest BCUT2D eigenvalue weighted by Crippen LogP contribution is 2.22. The van der Waals surface area contributed by atoms with Gasteiger partial charge in [-0.15, -0.1) is 0 Å². The van der Waals surface area contributed by atoms with E-state index in [4.69, 9.17) is 21.8 Å². The van der Waals surface area contributed by atoms with Gasteiger partial charge in [-0.2, -0.15) is 0 Å². The number of rotatable bonds is 9. The van der Waals surface area contributed by atoms with Crippen molar-refractivity contribution >= 4 is 29.4 Å². The van der Waals surface area contributed by atoms with Crippen LogP contribution in [0.4, 0.5) is 0 Å². The maximum atomic E-state index is 12.8. The molecule has 1 aliphatic rings. The molecule has 0 radical (unpaired) electrons. The van der Waals surface area contributed by atoms with E-state index in [0.717, 1.165) is 11.1 Å². The van der Waals surface area contributed by atoms with Crippen molar-refractivity contribution in [2.45, 2.75) is 37.4 Å². The van der Waals surface area contributed by atoms with Crippen LogP contribution in [0.5, 0.6) is 0 Å². The van der Waals surface area contributed by atoms with E-state index in [1.54, 1.807) is 24.3 Å². The summed E-state index contributed by atoms with van der Waals surface area (Å²) in [6.07, 6.45) is 0.511. The predicted molar refractivity (Wildman–Crippen MR) is 119 cm³/mol. The minimum atomic E-state index is -1.38. The van der Waals surface area contributed by atoms with Crippen LogP contribution in [0.25, 0.3) is 0 Å². The lowest BCUT2D eigenvalue weighted by Crippen LogP contribution is -2.49. The number of carboxylic acids is 1. The highest BCUT2D eigenvalue weighted by Gasteiger charge is 2.26. The van der Waals surface area contributed by atoms with E-state index < -0.39 is 30.4 Å². The Labute approximate surface area is 191 Å². The second kappa shape index (κ2) is 11.1. The van der Waals surface area contributed by atoms with E-state index in [-0.39, 0.29) is 24.9 Å². The summed E-state index contributed by atoms with van der Waals surface area (Å²) in [6, 6.07) is 13.1. The molecule has 0 aromatic heterocycles. The zero-order valence-corrected chi connectivity index (χ0v) is 18.1. The molecule has 3 atom stereocenters. The molecule has 3 rings (SSSR count). The highest BCUT2D eigenvalue weighted by molar-refractivity contribution is 6.30. The number of hydrogen-bond acceptors (Lipinski definition) is 5. The number of nitrogens with one attached hydrogen (secondary N) is 3. The topological polar surface area (TPSA) is 128 Å². The van der Waals surface area contributed by atoms with Crippen molar-refractivity contribution in [2.24, 2.45) is 0 Å². The van der Waals surface area contributed by atoms with Gasteiger partial charge in [0.05, 0.1) is 12.6 Å². The Bertz CT molecular complexity index is 966. The Hall–Kier alpha value is -2.94. The maximum Gasteiger partial charge on any atom is 0.328 e. The lowest BCUT2D eigenvalue weighted by atomic mass is 9.93. The first-order chi connectivity index (χ1) is 15.4. The normalized spacial score (nSPS) is 17.0. The number of benzene rings is 2. The average molecular weight is 460 g/mol. The smallest absolute Gasteiger partial charge is 0.328 e. The number of halogens is 1. The van der Waals surface area contributed by atoms with Gasteiger partial charge in [-0.1, -0.05) is 48.0 Å². The quantitative estimate of drug-likeness (QED) is 0.383. The van der Waals surface area contributed by atoms with Gasteiger partial charge in [0, 0.05) is 30.5 Å². The van der Waals surface area contributed by atoms with Crippen LogP contribution in [-0.4, -0.2) is 53.2 Å². The first kappa shape index (κ1) is 23.7. The van der Waals surface area contributed by atoms with Gasteiger partial charge in [-0.05, 0) is 35.2 Å². The van der Waals surface area contributed by atoms with Gasteiger partial charge in [0.25, 0.3) is 0 Å². The van der Waals surface area contributed by atoms with Crippen molar-refractivity contribution in [1.82, 2.24) is 16.0 Å². The summed E-state index contributed by atoms with van der Waals surface area (Å²) in [7, 11) is 0. The Morgan fingerprint density at radius 3 is 2.44 bits per heavy atom. The number of carboxylic acid groups (broad SMARTS) is 1. The number of fused-ring (bicyclic) bond motifs is 1. The Kier molecular flexibility index (Phi) is 8.21. The van der Waals surface area contributed by atoms with Crippen LogP contribution in [0.2, 0.25) is 5.02 Å². The van der Waals surface area contributed by atoms with Crippen molar-refractivity contribution in [3.05, 3.63) is 70.2 Å². The van der Waals surface area contributed by atoms with Crippen LogP contribution in [0, 0.1) is 0 Å². The minimum Gasteiger partial charge on any atom is -0.480 e. The molecule has 1 unspecified atom stereocenters. The van der Waals surface area contributed by atoms with Crippen molar-refractivity contribution in [1.29, 1.82) is 0 Å². The van der Waals surface area contributed by atoms with Crippen LogP contribution in [0.15, 0.2) is 48.5 Å². The number of aliphatic hydroxyl groups excluding tert-OH is 1. The summed E-state index contributed by atoms with van der Waals surface area (Å²) in [6.45, 7) is 0.0812. The number of aliphatic hydroxyl groups is 1. The highest BCUT2D eigenvalue weighted by atomic mass is 35.5. The molecule has 8 nitrogen and oxygen atoms in total. The molecule has 32 heavy (non-hydrogen) atoms. The summed E-state index contributed by atoms with van der Waals surface area (Å²) in [4.78, 5) is 36.3. The molecule has 2 aromatic carbocycles. The molecule has 0 bridgehead atoms. The molecule has 5 N–H and O–H groups in total. The number of carbonyl (C=O) groups excluding carboxylic acids is 2. The van der Waals surface area contributed by atoms with Crippen molar-refractivity contribution in [3.63, 3.8) is 0 Å². The third-order valence-corrected chi connectivity index (χ3v) is 5.76. The molecule has 1 aliphatic heterocycles. The fraction of sp³-hybridized carbons (Fsp3) is 0.348. The fourth-order valence-corrected chi connectivity index (χ4v) is 3.82. The predicted octanol–water partition coefficient (Wildman–Crippen LogP) is 1.21. The van der Waals surface area contributed by atoms with Crippen LogP contribution in [0.1, 0.15) is 29.0 Å². The van der Waals surface area contributed by atoms with Gasteiger partial charge < -0.3 is 26.2 Å². The van der Waals surface area contributed by atoms with Gasteiger partial charge in [0.15, 0.2) is 0 Å². The van der Waals surface area contributed by atoms with Crippen molar-refractivity contribution < 1.29 is 24.6 Å². The number of carbonyl (C=O) groups is 3. The van der Waals surface area contributed by atoms with Gasteiger partial charge in [-0.25, -0.2) is 4.79 Å². The minimum absolute atomic E-state index is 0.0629. The second-order valence-corrected chi connectivity index (χ2v) is 8.18. The molecule has 0 aliphatic carbocycles. The number of hydrogen-bond donors (Lipinski definition) is 5. The largest absolute Gasteiger partial charge is 0.480 e. The summed E-state index contributed by atoms with van der Waals surface area (Å²) >= 11 is 5.96. The second-order valence-electron chi connectivity index (χ2n) is 7.74. The summed E-state index contributed by atoms with van der Waals surface area (Å²) in [5.74, 6) is -2.43. The third-order valence-electron chi connectivity index (χ3n) is 5.51. The van der Waals surface area contributed by atoms with Crippen LogP contribution in [0.3, 0.4) is 0 Å². The molecule has 9 heteroatoms. The molecule has 1 heterocycles. The summed E-state index contributed by atoms with van der Waals surface area (Å²) in [5.41, 5.74) is 3.08. The average Bonchev–Trinajstić information content (AvgIpc) is 2.80. The monoisotopic (exact) mass is 459 g/mol. The van der Waals surface area contributed by atoms with E-state index in [9.17, 15) is 14.4 Å². The molecule has 0 saturated carbocycles. The van der Waals surface area contributed by atoms with Crippen molar-refractivity contribution in [2.75, 3.05) is 13.2 Å². The zero-order valence-electron chi connectivity index (χ0n) is 17.4.